The first-order valence-electron chi connectivity index (χ1n) is 9.86. The fraction of sp³-hybridized carbons (Fsp3) is 0.667. The molecule has 0 aromatic carbocycles. The van der Waals surface area contributed by atoms with E-state index in [-0.39, 0.29) is 19.4 Å². The Balaban J connectivity index is 2.90. The average Bonchev–Trinajstić information content (AvgIpc) is 3.18. The standard InChI is InChI=1S/C18H29N5O8S/c1-32-6-4-10(15(27)22-11(18(30)31)8-14(25)26)21-16(28)12-3-2-5-23(12)17(29)9(19)7-13(20)24/h9-12H,2-8,19H2,1H3,(H2,20,24)(H,21,28)(H,22,27)(H,25,26)(H,30,31). The number of carboxylic acids is 2. The van der Waals surface area contributed by atoms with E-state index in [4.69, 9.17) is 21.7 Å². The van der Waals surface area contributed by atoms with E-state index in [0.29, 0.717) is 18.6 Å². The summed E-state index contributed by atoms with van der Waals surface area (Å²) >= 11 is 1.39. The zero-order valence-electron chi connectivity index (χ0n) is 17.6. The van der Waals surface area contributed by atoms with E-state index in [0.717, 1.165) is 0 Å². The van der Waals surface area contributed by atoms with Crippen molar-refractivity contribution in [2.24, 2.45) is 11.5 Å². The Kier molecular flexibility index (Phi) is 10.9. The molecule has 1 saturated heterocycles. The highest BCUT2D eigenvalue weighted by Crippen LogP contribution is 2.19. The van der Waals surface area contributed by atoms with Crippen molar-refractivity contribution in [2.45, 2.75) is 56.3 Å². The minimum absolute atomic E-state index is 0.153. The smallest absolute Gasteiger partial charge is 0.326 e. The van der Waals surface area contributed by atoms with Crippen LogP contribution in [0, 0.1) is 0 Å². The van der Waals surface area contributed by atoms with Crippen molar-refractivity contribution < 1.29 is 39.0 Å². The first-order chi connectivity index (χ1) is 15.0. The molecule has 0 aromatic rings. The second kappa shape index (κ2) is 12.9. The Morgan fingerprint density at radius 1 is 1.09 bits per heavy atom. The molecule has 0 spiro atoms. The van der Waals surface area contributed by atoms with Gasteiger partial charge in [0.1, 0.15) is 18.1 Å². The molecule has 1 aliphatic heterocycles. The van der Waals surface area contributed by atoms with E-state index < -0.39 is 66.2 Å². The zero-order chi connectivity index (χ0) is 24.4. The van der Waals surface area contributed by atoms with Crippen molar-refractivity contribution in [1.82, 2.24) is 15.5 Å². The minimum Gasteiger partial charge on any atom is -0.481 e. The number of carbonyl (C=O) groups is 6. The number of nitrogens with zero attached hydrogens (tertiary/aromatic N) is 1. The second-order valence-corrected chi connectivity index (χ2v) is 8.29. The first-order valence-corrected chi connectivity index (χ1v) is 11.3. The fourth-order valence-corrected chi connectivity index (χ4v) is 3.71. The predicted octanol–water partition coefficient (Wildman–Crippen LogP) is -2.54. The monoisotopic (exact) mass is 475 g/mol. The fourth-order valence-electron chi connectivity index (χ4n) is 3.24. The van der Waals surface area contributed by atoms with E-state index in [1.54, 1.807) is 6.26 Å². The third-order valence-electron chi connectivity index (χ3n) is 4.81. The molecule has 1 aliphatic rings. The molecule has 180 valence electrons. The van der Waals surface area contributed by atoms with E-state index in [1.165, 1.54) is 16.7 Å². The lowest BCUT2D eigenvalue weighted by Gasteiger charge is -2.28. The number of carboxylic acid groups (broad SMARTS) is 2. The zero-order valence-corrected chi connectivity index (χ0v) is 18.4. The van der Waals surface area contributed by atoms with Gasteiger partial charge in [0.2, 0.25) is 23.6 Å². The van der Waals surface area contributed by atoms with E-state index >= 15 is 0 Å². The Hall–Kier alpha value is -2.87. The maximum absolute atomic E-state index is 12.8. The largest absolute Gasteiger partial charge is 0.481 e. The van der Waals surface area contributed by atoms with Crippen molar-refractivity contribution in [2.75, 3.05) is 18.6 Å². The van der Waals surface area contributed by atoms with Gasteiger partial charge in [-0.05, 0) is 31.3 Å². The summed E-state index contributed by atoms with van der Waals surface area (Å²) in [6.45, 7) is 0.241. The van der Waals surface area contributed by atoms with E-state index in [2.05, 4.69) is 10.6 Å². The Labute approximate surface area is 188 Å². The number of nitrogens with two attached hydrogens (primary N) is 2. The summed E-state index contributed by atoms with van der Waals surface area (Å²) in [5.74, 6) is -5.32. The molecule has 4 unspecified atom stereocenters. The summed E-state index contributed by atoms with van der Waals surface area (Å²) in [7, 11) is 0. The van der Waals surface area contributed by atoms with Gasteiger partial charge in [0.15, 0.2) is 0 Å². The normalized spacial score (nSPS) is 18.3. The third-order valence-corrected chi connectivity index (χ3v) is 5.46. The molecule has 14 heteroatoms. The summed E-state index contributed by atoms with van der Waals surface area (Å²) in [4.78, 5) is 72.3. The number of aliphatic carboxylic acids is 2. The van der Waals surface area contributed by atoms with Gasteiger partial charge >= 0.3 is 11.9 Å². The van der Waals surface area contributed by atoms with Crippen LogP contribution in [0.5, 0.6) is 0 Å². The highest BCUT2D eigenvalue weighted by Gasteiger charge is 2.38. The molecule has 1 rings (SSSR count). The molecule has 4 atom stereocenters. The molecule has 1 heterocycles. The molecule has 8 N–H and O–H groups in total. The van der Waals surface area contributed by atoms with Crippen molar-refractivity contribution in [1.29, 1.82) is 0 Å². The summed E-state index contributed by atoms with van der Waals surface area (Å²) in [6.07, 6.45) is 1.55. The van der Waals surface area contributed by atoms with Crippen LogP contribution < -0.4 is 22.1 Å². The SMILES string of the molecule is CSCCC(NC(=O)C1CCCN1C(=O)C(N)CC(N)=O)C(=O)NC(CC(=O)O)C(=O)O. The van der Waals surface area contributed by atoms with Gasteiger partial charge in [0, 0.05) is 6.54 Å². The van der Waals surface area contributed by atoms with Crippen molar-refractivity contribution in [3.05, 3.63) is 0 Å². The predicted molar refractivity (Wildman–Crippen MR) is 113 cm³/mol. The highest BCUT2D eigenvalue weighted by atomic mass is 32.2. The molecular weight excluding hydrogens is 446 g/mol. The van der Waals surface area contributed by atoms with Crippen LogP contribution in [0.25, 0.3) is 0 Å². The van der Waals surface area contributed by atoms with Crippen LogP contribution >= 0.6 is 11.8 Å². The van der Waals surface area contributed by atoms with Crippen LogP contribution in [0.4, 0.5) is 0 Å². The number of nitrogens with one attached hydrogen (secondary N) is 2. The quantitative estimate of drug-likeness (QED) is 0.164. The topological polar surface area (TPSA) is 222 Å². The van der Waals surface area contributed by atoms with Crippen molar-refractivity contribution >= 4 is 47.3 Å². The summed E-state index contributed by atoms with van der Waals surface area (Å²) in [5.41, 5.74) is 10.8. The molecule has 0 bridgehead atoms. The van der Waals surface area contributed by atoms with Gasteiger partial charge in [-0.15, -0.1) is 0 Å². The summed E-state index contributed by atoms with van der Waals surface area (Å²) in [5, 5.41) is 22.6. The molecule has 13 nitrogen and oxygen atoms in total. The number of carbonyl (C=O) groups excluding carboxylic acids is 4. The lowest BCUT2D eigenvalue weighted by molar-refractivity contribution is -0.147. The van der Waals surface area contributed by atoms with Crippen LogP contribution in [0.3, 0.4) is 0 Å². The average molecular weight is 476 g/mol. The van der Waals surface area contributed by atoms with Crippen molar-refractivity contribution in [3.8, 4) is 0 Å². The molecule has 0 aromatic heterocycles. The highest BCUT2D eigenvalue weighted by molar-refractivity contribution is 7.98. The summed E-state index contributed by atoms with van der Waals surface area (Å²) in [6, 6.07) is -4.91. The van der Waals surface area contributed by atoms with Crippen LogP contribution in [-0.2, 0) is 28.8 Å². The van der Waals surface area contributed by atoms with Crippen LogP contribution in [0.15, 0.2) is 0 Å². The number of amides is 4. The van der Waals surface area contributed by atoms with Gasteiger partial charge in [-0.25, -0.2) is 4.79 Å². The number of hydrogen-bond acceptors (Lipinski definition) is 8. The first kappa shape index (κ1) is 27.2. The van der Waals surface area contributed by atoms with Crippen LogP contribution in [0.1, 0.15) is 32.1 Å². The minimum atomic E-state index is -1.66. The molecule has 0 saturated carbocycles. The number of likely N-dealkylation sites (tertiary alicyclic amines) is 1. The Morgan fingerprint density at radius 3 is 2.28 bits per heavy atom. The molecule has 0 radical (unpaired) electrons. The second-order valence-electron chi connectivity index (χ2n) is 7.31. The van der Waals surface area contributed by atoms with Gasteiger partial charge in [0.05, 0.1) is 18.9 Å². The van der Waals surface area contributed by atoms with Crippen LogP contribution in [-0.4, -0.2) is 93.4 Å². The number of rotatable bonds is 13. The number of thioether (sulfide) groups is 1. The summed E-state index contributed by atoms with van der Waals surface area (Å²) < 4.78 is 0. The van der Waals surface area contributed by atoms with E-state index in [1.807, 2.05) is 0 Å². The molecule has 4 amide bonds. The maximum Gasteiger partial charge on any atom is 0.326 e. The number of hydrogen-bond donors (Lipinski definition) is 6. The van der Waals surface area contributed by atoms with Gasteiger partial charge in [-0.2, -0.15) is 11.8 Å². The molecular formula is C18H29N5O8S. The molecule has 1 fully saturated rings. The molecule has 0 aliphatic carbocycles. The van der Waals surface area contributed by atoms with Crippen molar-refractivity contribution in [3.63, 3.8) is 0 Å². The molecule has 32 heavy (non-hydrogen) atoms. The van der Waals surface area contributed by atoms with E-state index in [9.17, 15) is 28.8 Å². The maximum atomic E-state index is 12.8. The number of primary amides is 1. The Bertz CT molecular complexity index is 749. The lowest BCUT2D eigenvalue weighted by atomic mass is 10.1. The lowest BCUT2D eigenvalue weighted by Crippen LogP contribution is -2.57. The van der Waals surface area contributed by atoms with Gasteiger partial charge in [-0.3, -0.25) is 24.0 Å². The Morgan fingerprint density at radius 2 is 1.75 bits per heavy atom. The van der Waals surface area contributed by atoms with Gasteiger partial charge in [-0.1, -0.05) is 0 Å². The van der Waals surface area contributed by atoms with Gasteiger partial charge < -0.3 is 37.2 Å². The van der Waals surface area contributed by atoms with Crippen LogP contribution in [0.2, 0.25) is 0 Å². The van der Waals surface area contributed by atoms with Gasteiger partial charge in [0.25, 0.3) is 0 Å². The third kappa shape index (κ3) is 8.34.